The first kappa shape index (κ1) is 18.2. The number of para-hydroxylation sites is 1. The number of esters is 1. The molecule has 1 heterocycles. The van der Waals surface area contributed by atoms with Gasteiger partial charge in [-0.25, -0.2) is 4.98 Å². The number of carbonyl (C=O) groups is 1. The lowest BCUT2D eigenvalue weighted by atomic mass is 10.1. The van der Waals surface area contributed by atoms with E-state index in [0.717, 1.165) is 16.8 Å². The molecular formula is C20H20N2O3S. The fourth-order valence-corrected chi connectivity index (χ4v) is 3.65. The van der Waals surface area contributed by atoms with E-state index in [2.05, 4.69) is 11.1 Å². The highest BCUT2D eigenvalue weighted by atomic mass is 32.2. The van der Waals surface area contributed by atoms with E-state index in [1.165, 1.54) is 11.8 Å². The topological polar surface area (TPSA) is 61.2 Å². The van der Waals surface area contributed by atoms with Crippen molar-refractivity contribution in [2.45, 2.75) is 25.9 Å². The first-order chi connectivity index (χ1) is 12.5. The van der Waals surface area contributed by atoms with Crippen LogP contribution in [0.1, 0.15) is 18.1 Å². The quantitative estimate of drug-likeness (QED) is 0.391. The molecule has 134 valence electrons. The Morgan fingerprint density at radius 2 is 1.85 bits per heavy atom. The third-order valence-corrected chi connectivity index (χ3v) is 4.75. The number of hydrogen-bond acceptors (Lipinski definition) is 5. The monoisotopic (exact) mass is 368 g/mol. The van der Waals surface area contributed by atoms with Crippen LogP contribution in [0.25, 0.3) is 16.6 Å². The summed E-state index contributed by atoms with van der Waals surface area (Å²) in [6, 6.07) is 13.2. The lowest BCUT2D eigenvalue weighted by molar-refractivity contribution is -0.139. The molecule has 0 aliphatic heterocycles. The fourth-order valence-electron chi connectivity index (χ4n) is 2.84. The Balaban J connectivity index is 2.17. The zero-order valence-corrected chi connectivity index (χ0v) is 15.8. The van der Waals surface area contributed by atoms with E-state index < -0.39 is 0 Å². The molecule has 1 aromatic heterocycles. The number of aromatic nitrogens is 2. The van der Waals surface area contributed by atoms with Crippen LogP contribution in [-0.4, -0.2) is 27.9 Å². The Hall–Kier alpha value is -2.60. The minimum Gasteiger partial charge on any atom is -0.465 e. The maximum Gasteiger partial charge on any atom is 0.316 e. The summed E-state index contributed by atoms with van der Waals surface area (Å²) in [5.41, 5.74) is 3.33. The van der Waals surface area contributed by atoms with Crippen LogP contribution >= 0.6 is 11.8 Å². The Bertz CT molecular complexity index is 1010. The normalized spacial score (nSPS) is 10.9. The molecule has 0 aliphatic rings. The average molecular weight is 368 g/mol. The molecule has 0 aliphatic carbocycles. The minimum atomic E-state index is -0.327. The molecule has 3 rings (SSSR count). The van der Waals surface area contributed by atoms with Gasteiger partial charge in [0.15, 0.2) is 5.16 Å². The van der Waals surface area contributed by atoms with E-state index in [0.29, 0.717) is 22.7 Å². The number of fused-ring (bicyclic) bond motifs is 1. The standard InChI is InChI=1S/C20H20N2O3S/c1-4-25-18(23)12-26-20-21-17-8-6-5-7-16(17)19(24)22(20)15-10-13(2)9-14(3)11-15/h5-11H,4,12H2,1-3H3. The van der Waals surface area contributed by atoms with Gasteiger partial charge >= 0.3 is 5.97 Å². The summed E-state index contributed by atoms with van der Waals surface area (Å²) in [6.07, 6.45) is 0. The Morgan fingerprint density at radius 3 is 2.54 bits per heavy atom. The third kappa shape index (κ3) is 3.80. The molecule has 0 saturated heterocycles. The van der Waals surface area contributed by atoms with E-state index in [1.54, 1.807) is 23.6 Å². The molecule has 0 spiro atoms. The minimum absolute atomic E-state index is 0.101. The molecule has 26 heavy (non-hydrogen) atoms. The van der Waals surface area contributed by atoms with Crippen molar-refractivity contribution in [3.63, 3.8) is 0 Å². The highest BCUT2D eigenvalue weighted by Gasteiger charge is 2.15. The van der Waals surface area contributed by atoms with Crippen LogP contribution in [0.5, 0.6) is 0 Å². The zero-order valence-electron chi connectivity index (χ0n) is 15.0. The molecule has 0 unspecified atom stereocenters. The van der Waals surface area contributed by atoms with Crippen molar-refractivity contribution in [1.82, 2.24) is 9.55 Å². The van der Waals surface area contributed by atoms with Crippen LogP contribution in [0.3, 0.4) is 0 Å². The van der Waals surface area contributed by atoms with E-state index >= 15 is 0 Å². The summed E-state index contributed by atoms with van der Waals surface area (Å²) in [6.45, 7) is 6.07. The number of carbonyl (C=O) groups excluding carboxylic acids is 1. The van der Waals surface area contributed by atoms with Gasteiger partial charge in [0, 0.05) is 0 Å². The van der Waals surface area contributed by atoms with Crippen molar-refractivity contribution in [3.8, 4) is 5.69 Å². The van der Waals surface area contributed by atoms with Gasteiger partial charge in [-0.2, -0.15) is 0 Å². The first-order valence-electron chi connectivity index (χ1n) is 8.38. The number of thioether (sulfide) groups is 1. The summed E-state index contributed by atoms with van der Waals surface area (Å²) in [7, 11) is 0. The molecule has 5 nitrogen and oxygen atoms in total. The van der Waals surface area contributed by atoms with Crippen molar-refractivity contribution < 1.29 is 9.53 Å². The van der Waals surface area contributed by atoms with Crippen molar-refractivity contribution in [2.75, 3.05) is 12.4 Å². The number of nitrogens with zero attached hydrogens (tertiary/aromatic N) is 2. The Labute approximate surface area is 156 Å². The Morgan fingerprint density at radius 1 is 1.15 bits per heavy atom. The maximum atomic E-state index is 13.1. The number of hydrogen-bond donors (Lipinski definition) is 0. The highest BCUT2D eigenvalue weighted by Crippen LogP contribution is 2.22. The molecule has 0 fully saturated rings. The first-order valence-corrected chi connectivity index (χ1v) is 9.37. The second-order valence-electron chi connectivity index (χ2n) is 5.99. The highest BCUT2D eigenvalue weighted by molar-refractivity contribution is 7.99. The zero-order chi connectivity index (χ0) is 18.7. The van der Waals surface area contributed by atoms with Gasteiger partial charge in [-0.15, -0.1) is 0 Å². The van der Waals surface area contributed by atoms with Crippen molar-refractivity contribution in [1.29, 1.82) is 0 Å². The number of rotatable bonds is 5. The van der Waals surface area contributed by atoms with Crippen molar-refractivity contribution >= 4 is 28.6 Å². The van der Waals surface area contributed by atoms with Gasteiger partial charge in [0.2, 0.25) is 0 Å². The van der Waals surface area contributed by atoms with Gasteiger partial charge in [-0.05, 0) is 56.2 Å². The molecular weight excluding hydrogens is 348 g/mol. The molecule has 6 heteroatoms. The maximum absolute atomic E-state index is 13.1. The summed E-state index contributed by atoms with van der Waals surface area (Å²) in [4.78, 5) is 29.5. The predicted molar refractivity (Wildman–Crippen MR) is 104 cm³/mol. The summed E-state index contributed by atoms with van der Waals surface area (Å²) >= 11 is 1.21. The number of aryl methyl sites for hydroxylation is 2. The summed E-state index contributed by atoms with van der Waals surface area (Å²) < 4.78 is 6.57. The second-order valence-corrected chi connectivity index (χ2v) is 6.93. The SMILES string of the molecule is CCOC(=O)CSc1nc2ccccc2c(=O)n1-c1cc(C)cc(C)c1. The van der Waals surface area contributed by atoms with Crippen molar-refractivity contribution in [2.24, 2.45) is 0 Å². The van der Waals surface area contributed by atoms with Crippen molar-refractivity contribution in [3.05, 3.63) is 63.9 Å². The Kier molecular flexibility index (Phi) is 5.42. The van der Waals surface area contributed by atoms with E-state index in [9.17, 15) is 9.59 Å². The van der Waals surface area contributed by atoms with Crippen LogP contribution in [0.15, 0.2) is 52.4 Å². The van der Waals surface area contributed by atoms with Crippen LogP contribution in [0.4, 0.5) is 0 Å². The lowest BCUT2D eigenvalue weighted by Gasteiger charge is -2.14. The molecule has 2 aromatic carbocycles. The van der Waals surface area contributed by atoms with Crippen LogP contribution in [0.2, 0.25) is 0 Å². The van der Waals surface area contributed by atoms with Gasteiger partial charge in [0.25, 0.3) is 5.56 Å². The van der Waals surface area contributed by atoms with Gasteiger partial charge in [-0.3, -0.25) is 14.2 Å². The smallest absolute Gasteiger partial charge is 0.316 e. The van der Waals surface area contributed by atoms with Gasteiger partial charge < -0.3 is 4.74 Å². The van der Waals surface area contributed by atoms with Crippen LogP contribution < -0.4 is 5.56 Å². The predicted octanol–water partition coefficient (Wildman–Crippen LogP) is 3.66. The molecule has 0 atom stereocenters. The van der Waals surface area contributed by atoms with Gasteiger partial charge in [-0.1, -0.05) is 30.0 Å². The van der Waals surface area contributed by atoms with Gasteiger partial charge in [0.1, 0.15) is 0 Å². The van der Waals surface area contributed by atoms with E-state index in [1.807, 2.05) is 38.1 Å². The average Bonchev–Trinajstić information content (AvgIpc) is 2.59. The second kappa shape index (κ2) is 7.74. The van der Waals surface area contributed by atoms with E-state index in [-0.39, 0.29) is 17.3 Å². The molecule has 0 amide bonds. The molecule has 0 saturated carbocycles. The van der Waals surface area contributed by atoms with E-state index in [4.69, 9.17) is 4.74 Å². The molecule has 0 radical (unpaired) electrons. The van der Waals surface area contributed by atoms with Crippen LogP contribution in [-0.2, 0) is 9.53 Å². The summed E-state index contributed by atoms with van der Waals surface area (Å²) in [5.74, 6) is -0.226. The largest absolute Gasteiger partial charge is 0.465 e. The number of ether oxygens (including phenoxy) is 1. The molecule has 0 N–H and O–H groups in total. The molecule has 0 bridgehead atoms. The van der Waals surface area contributed by atoms with Crippen LogP contribution in [0, 0.1) is 13.8 Å². The molecule has 3 aromatic rings. The lowest BCUT2D eigenvalue weighted by Crippen LogP contribution is -2.22. The fraction of sp³-hybridized carbons (Fsp3) is 0.250. The number of benzene rings is 2. The van der Waals surface area contributed by atoms with Gasteiger partial charge in [0.05, 0.1) is 29.0 Å². The third-order valence-electron chi connectivity index (χ3n) is 3.83. The summed E-state index contributed by atoms with van der Waals surface area (Å²) in [5, 5.41) is 1.03.